The van der Waals surface area contributed by atoms with E-state index in [1.54, 1.807) is 67.0 Å². The van der Waals surface area contributed by atoms with Crippen molar-refractivity contribution in [1.29, 1.82) is 0 Å². The zero-order valence-corrected chi connectivity index (χ0v) is 18.6. The molecule has 2 amide bonds. The van der Waals surface area contributed by atoms with E-state index in [1.807, 2.05) is 6.07 Å². The molecule has 0 fully saturated rings. The average molecular weight is 458 g/mol. The maximum absolute atomic E-state index is 12.5. The van der Waals surface area contributed by atoms with E-state index in [1.165, 1.54) is 14.2 Å². The van der Waals surface area contributed by atoms with E-state index in [0.29, 0.717) is 39.7 Å². The van der Waals surface area contributed by atoms with Crippen LogP contribution in [0.25, 0.3) is 11.0 Å². The van der Waals surface area contributed by atoms with Gasteiger partial charge in [0.05, 0.1) is 36.6 Å². The van der Waals surface area contributed by atoms with Crippen LogP contribution in [0.15, 0.2) is 73.1 Å². The normalized spacial score (nSPS) is 10.4. The number of anilines is 2. The number of fused-ring (bicyclic) bond motifs is 1. The third-order valence-electron chi connectivity index (χ3n) is 4.89. The Morgan fingerprint density at radius 2 is 1.44 bits per heavy atom. The van der Waals surface area contributed by atoms with Gasteiger partial charge in [-0.15, -0.1) is 0 Å². The van der Waals surface area contributed by atoms with Gasteiger partial charge in [-0.05, 0) is 24.3 Å². The first-order valence-corrected chi connectivity index (χ1v) is 10.3. The zero-order chi connectivity index (χ0) is 23.9. The first-order valence-electron chi connectivity index (χ1n) is 10.3. The van der Waals surface area contributed by atoms with Crippen molar-refractivity contribution < 1.29 is 23.8 Å². The van der Waals surface area contributed by atoms with Gasteiger partial charge >= 0.3 is 0 Å². The Hall–Kier alpha value is -4.66. The Balaban J connectivity index is 1.46. The lowest BCUT2D eigenvalue weighted by molar-refractivity contribution is -0.118. The van der Waals surface area contributed by atoms with Gasteiger partial charge in [-0.1, -0.05) is 18.2 Å². The molecule has 9 heteroatoms. The molecule has 0 bridgehead atoms. The SMILES string of the molecule is COc1cc(NC(=O)c2ccccc2)c(OC)cc1NC(=O)COc1ccc2nccnc2c1. The highest BCUT2D eigenvalue weighted by molar-refractivity contribution is 6.05. The fourth-order valence-electron chi connectivity index (χ4n) is 3.25. The minimum absolute atomic E-state index is 0.232. The standard InChI is InChI=1S/C25H22N4O5/c1-32-22-14-21(29-25(31)16-6-4-3-5-7-16)23(33-2)13-20(22)28-24(30)15-34-17-8-9-18-19(12-17)27-11-10-26-18/h3-14H,15H2,1-2H3,(H,28,30)(H,29,31). The van der Waals surface area contributed by atoms with E-state index >= 15 is 0 Å². The van der Waals surface area contributed by atoms with Gasteiger partial charge in [0.2, 0.25) is 0 Å². The molecule has 9 nitrogen and oxygen atoms in total. The van der Waals surface area contributed by atoms with E-state index in [4.69, 9.17) is 14.2 Å². The minimum Gasteiger partial charge on any atom is -0.494 e. The summed E-state index contributed by atoms with van der Waals surface area (Å²) in [5, 5.41) is 5.55. The number of rotatable bonds is 8. The Labute approximate surface area is 195 Å². The molecule has 3 aromatic carbocycles. The summed E-state index contributed by atoms with van der Waals surface area (Å²) in [6, 6.07) is 17.1. The number of nitrogens with zero attached hydrogens (tertiary/aromatic N) is 2. The van der Waals surface area contributed by atoms with Crippen LogP contribution in [0.5, 0.6) is 17.2 Å². The molecular formula is C25H22N4O5. The van der Waals surface area contributed by atoms with Crippen molar-refractivity contribution in [2.24, 2.45) is 0 Å². The molecule has 0 unspecified atom stereocenters. The van der Waals surface area contributed by atoms with E-state index in [9.17, 15) is 9.59 Å². The maximum atomic E-state index is 12.5. The third-order valence-corrected chi connectivity index (χ3v) is 4.89. The number of carbonyl (C=O) groups is 2. The molecule has 0 spiro atoms. The fourth-order valence-corrected chi connectivity index (χ4v) is 3.25. The molecule has 1 aromatic heterocycles. The quantitative estimate of drug-likeness (QED) is 0.412. The summed E-state index contributed by atoms with van der Waals surface area (Å²) < 4.78 is 16.4. The van der Waals surface area contributed by atoms with Crippen molar-refractivity contribution in [2.75, 3.05) is 31.5 Å². The molecule has 4 rings (SSSR count). The second kappa shape index (κ2) is 10.3. The molecule has 34 heavy (non-hydrogen) atoms. The van der Waals surface area contributed by atoms with Crippen molar-refractivity contribution >= 4 is 34.2 Å². The monoisotopic (exact) mass is 458 g/mol. The van der Waals surface area contributed by atoms with Gasteiger partial charge in [-0.25, -0.2) is 0 Å². The molecule has 0 aliphatic heterocycles. The van der Waals surface area contributed by atoms with Crippen molar-refractivity contribution in [3.05, 3.63) is 78.6 Å². The number of aromatic nitrogens is 2. The Kier molecular flexibility index (Phi) is 6.83. The first-order chi connectivity index (χ1) is 16.6. The van der Waals surface area contributed by atoms with Crippen LogP contribution >= 0.6 is 0 Å². The molecule has 0 aliphatic carbocycles. The second-order valence-electron chi connectivity index (χ2n) is 7.12. The van der Waals surface area contributed by atoms with Gasteiger partial charge in [0.1, 0.15) is 17.2 Å². The summed E-state index contributed by atoms with van der Waals surface area (Å²) in [6.45, 7) is -0.232. The van der Waals surface area contributed by atoms with Gasteiger partial charge in [-0.2, -0.15) is 0 Å². The van der Waals surface area contributed by atoms with Crippen molar-refractivity contribution in [3.8, 4) is 17.2 Å². The summed E-state index contributed by atoms with van der Waals surface area (Å²) in [4.78, 5) is 33.5. The summed E-state index contributed by atoms with van der Waals surface area (Å²) >= 11 is 0. The Morgan fingerprint density at radius 1 is 0.794 bits per heavy atom. The molecule has 172 valence electrons. The Bertz CT molecular complexity index is 1330. The van der Waals surface area contributed by atoms with Crippen molar-refractivity contribution in [3.63, 3.8) is 0 Å². The zero-order valence-electron chi connectivity index (χ0n) is 18.6. The number of methoxy groups -OCH3 is 2. The smallest absolute Gasteiger partial charge is 0.262 e. The van der Waals surface area contributed by atoms with Gasteiger partial charge in [0.15, 0.2) is 6.61 Å². The highest BCUT2D eigenvalue weighted by Crippen LogP contribution is 2.36. The lowest BCUT2D eigenvalue weighted by atomic mass is 10.2. The minimum atomic E-state index is -0.402. The third kappa shape index (κ3) is 5.21. The largest absolute Gasteiger partial charge is 0.494 e. The number of carbonyl (C=O) groups excluding carboxylic acids is 2. The van der Waals surface area contributed by atoms with Crippen LogP contribution in [-0.2, 0) is 4.79 Å². The molecule has 1 heterocycles. The van der Waals surface area contributed by atoms with Gasteiger partial charge in [-0.3, -0.25) is 19.6 Å². The predicted molar refractivity (Wildman–Crippen MR) is 128 cm³/mol. The van der Waals surface area contributed by atoms with Crippen LogP contribution in [0.2, 0.25) is 0 Å². The molecule has 0 saturated carbocycles. The molecule has 0 aliphatic rings. The van der Waals surface area contributed by atoms with Gasteiger partial charge < -0.3 is 24.8 Å². The summed E-state index contributed by atoms with van der Waals surface area (Å²) in [5.41, 5.74) is 2.67. The Morgan fingerprint density at radius 3 is 2.12 bits per heavy atom. The van der Waals surface area contributed by atoms with Crippen LogP contribution in [0.1, 0.15) is 10.4 Å². The highest BCUT2D eigenvalue weighted by atomic mass is 16.5. The van der Waals surface area contributed by atoms with E-state index in [2.05, 4.69) is 20.6 Å². The lowest BCUT2D eigenvalue weighted by Gasteiger charge is -2.16. The summed E-state index contributed by atoms with van der Waals surface area (Å²) in [6.07, 6.45) is 3.20. The molecule has 0 saturated heterocycles. The van der Waals surface area contributed by atoms with Crippen LogP contribution < -0.4 is 24.8 Å². The molecule has 4 aromatic rings. The van der Waals surface area contributed by atoms with E-state index in [-0.39, 0.29) is 12.5 Å². The number of benzene rings is 3. The van der Waals surface area contributed by atoms with Gasteiger partial charge in [0, 0.05) is 36.2 Å². The molecule has 0 radical (unpaired) electrons. The number of ether oxygens (including phenoxy) is 3. The number of hydrogen-bond donors (Lipinski definition) is 2. The fraction of sp³-hybridized carbons (Fsp3) is 0.120. The average Bonchev–Trinajstić information content (AvgIpc) is 2.88. The number of amides is 2. The summed E-state index contributed by atoms with van der Waals surface area (Å²) in [7, 11) is 2.93. The van der Waals surface area contributed by atoms with Gasteiger partial charge in [0.25, 0.3) is 11.8 Å². The first kappa shape index (κ1) is 22.5. The number of hydrogen-bond acceptors (Lipinski definition) is 7. The van der Waals surface area contributed by atoms with E-state index in [0.717, 1.165) is 5.52 Å². The maximum Gasteiger partial charge on any atom is 0.262 e. The predicted octanol–water partition coefficient (Wildman–Crippen LogP) is 3.92. The number of nitrogens with one attached hydrogen (secondary N) is 2. The van der Waals surface area contributed by atoms with E-state index < -0.39 is 5.91 Å². The van der Waals surface area contributed by atoms with Crippen LogP contribution in [0.4, 0.5) is 11.4 Å². The van der Waals surface area contributed by atoms with Crippen LogP contribution in [0, 0.1) is 0 Å². The van der Waals surface area contributed by atoms with Crippen molar-refractivity contribution in [1.82, 2.24) is 9.97 Å². The second-order valence-corrected chi connectivity index (χ2v) is 7.12. The molecule has 2 N–H and O–H groups in total. The lowest BCUT2D eigenvalue weighted by Crippen LogP contribution is -2.21. The topological polar surface area (TPSA) is 112 Å². The molecule has 0 atom stereocenters. The van der Waals surface area contributed by atoms with Crippen LogP contribution in [-0.4, -0.2) is 42.6 Å². The van der Waals surface area contributed by atoms with Crippen molar-refractivity contribution in [2.45, 2.75) is 0 Å². The molecular weight excluding hydrogens is 436 g/mol. The highest BCUT2D eigenvalue weighted by Gasteiger charge is 2.16. The van der Waals surface area contributed by atoms with Crippen LogP contribution in [0.3, 0.4) is 0 Å². The summed E-state index contributed by atoms with van der Waals surface area (Å²) in [5.74, 6) is 0.492.